The molecule has 0 saturated heterocycles. The van der Waals surface area contributed by atoms with Gasteiger partial charge in [0.15, 0.2) is 0 Å². The van der Waals surface area contributed by atoms with Crippen LogP contribution in [0.3, 0.4) is 0 Å². The summed E-state index contributed by atoms with van der Waals surface area (Å²) in [5.74, 6) is -0.307. The first-order valence-corrected chi connectivity index (χ1v) is 16.9. The van der Waals surface area contributed by atoms with Crippen molar-refractivity contribution >= 4 is 50.7 Å². The molecule has 1 fully saturated rings. The molecule has 44 heavy (non-hydrogen) atoms. The lowest BCUT2D eigenvalue weighted by Gasteiger charge is -2.34. The topological polar surface area (TPSA) is 105 Å². The third-order valence-electron chi connectivity index (χ3n) is 7.66. The molecule has 0 bridgehead atoms. The Morgan fingerprint density at radius 2 is 1.68 bits per heavy atom. The van der Waals surface area contributed by atoms with Crippen molar-refractivity contribution in [1.29, 1.82) is 0 Å². The van der Waals surface area contributed by atoms with Crippen LogP contribution in [-0.4, -0.2) is 64.2 Å². The molecule has 0 aliphatic heterocycles. The predicted molar refractivity (Wildman–Crippen MR) is 173 cm³/mol. The standard InChI is InChI=1S/C32H37Cl2N3O6S/c1-42-26-15-16-30(43-2)28(19-26)37(44(3,40)41)21-31(38)36(20-23-13-14-24(33)18-27(23)34)29(17-22-9-5-4-6-10-22)32(39)35-25-11-7-8-12-25/h4-6,9-10,13-16,18-19,25,29H,7-8,11-12,17,20-21H2,1-3H3,(H,35,39). The Labute approximate surface area is 269 Å². The maximum atomic E-state index is 14.4. The number of nitrogens with one attached hydrogen (secondary N) is 1. The first-order valence-electron chi connectivity index (χ1n) is 14.3. The lowest BCUT2D eigenvalue weighted by molar-refractivity contribution is -0.140. The third kappa shape index (κ3) is 8.58. The molecule has 1 N–H and O–H groups in total. The Morgan fingerprint density at radius 3 is 2.30 bits per heavy atom. The van der Waals surface area contributed by atoms with E-state index in [0.717, 1.165) is 41.8 Å². The quantitative estimate of drug-likeness (QED) is 0.260. The first-order chi connectivity index (χ1) is 21.0. The average molecular weight is 663 g/mol. The van der Waals surface area contributed by atoms with Crippen LogP contribution in [0.1, 0.15) is 36.8 Å². The lowest BCUT2D eigenvalue weighted by atomic mass is 10.0. The highest BCUT2D eigenvalue weighted by Gasteiger charge is 2.35. The maximum Gasteiger partial charge on any atom is 0.244 e. The highest BCUT2D eigenvalue weighted by molar-refractivity contribution is 7.92. The van der Waals surface area contributed by atoms with Gasteiger partial charge in [-0.2, -0.15) is 0 Å². The predicted octanol–water partition coefficient (Wildman–Crippen LogP) is 5.48. The summed E-state index contributed by atoms with van der Waals surface area (Å²) >= 11 is 12.7. The molecule has 1 atom stereocenters. The molecular weight excluding hydrogens is 625 g/mol. The van der Waals surface area contributed by atoms with Crippen LogP contribution in [0, 0.1) is 0 Å². The fourth-order valence-corrected chi connectivity index (χ4v) is 6.65. The zero-order chi connectivity index (χ0) is 31.9. The van der Waals surface area contributed by atoms with Crippen LogP contribution in [-0.2, 0) is 32.6 Å². The van der Waals surface area contributed by atoms with E-state index in [1.165, 1.54) is 25.2 Å². The van der Waals surface area contributed by atoms with Crippen molar-refractivity contribution in [2.24, 2.45) is 0 Å². The monoisotopic (exact) mass is 661 g/mol. The first kappa shape index (κ1) is 33.4. The van der Waals surface area contributed by atoms with Gasteiger partial charge in [0, 0.05) is 35.1 Å². The smallest absolute Gasteiger partial charge is 0.244 e. The Balaban J connectivity index is 1.78. The van der Waals surface area contributed by atoms with E-state index < -0.39 is 28.5 Å². The number of ether oxygens (including phenoxy) is 2. The molecule has 1 aliphatic carbocycles. The van der Waals surface area contributed by atoms with Crippen LogP contribution in [0.2, 0.25) is 10.0 Å². The molecule has 12 heteroatoms. The molecule has 9 nitrogen and oxygen atoms in total. The molecule has 4 rings (SSSR count). The van der Waals surface area contributed by atoms with Gasteiger partial charge < -0.3 is 19.7 Å². The van der Waals surface area contributed by atoms with Crippen molar-refractivity contribution < 1.29 is 27.5 Å². The largest absolute Gasteiger partial charge is 0.497 e. The Morgan fingerprint density at radius 1 is 0.977 bits per heavy atom. The summed E-state index contributed by atoms with van der Waals surface area (Å²) in [4.78, 5) is 29.8. The second-order valence-corrected chi connectivity index (χ2v) is 13.5. The van der Waals surface area contributed by atoms with E-state index in [1.807, 2.05) is 30.3 Å². The molecule has 0 aromatic heterocycles. The van der Waals surface area contributed by atoms with Crippen molar-refractivity contribution in [1.82, 2.24) is 10.2 Å². The Bertz CT molecular complexity index is 1570. The summed E-state index contributed by atoms with van der Waals surface area (Å²) in [7, 11) is -1.14. The van der Waals surface area contributed by atoms with Gasteiger partial charge in [0.25, 0.3) is 0 Å². The van der Waals surface area contributed by atoms with E-state index in [4.69, 9.17) is 32.7 Å². The van der Waals surface area contributed by atoms with Crippen LogP contribution in [0.5, 0.6) is 11.5 Å². The van der Waals surface area contributed by atoms with Gasteiger partial charge in [-0.05, 0) is 48.2 Å². The summed E-state index contributed by atoms with van der Waals surface area (Å²) in [6.45, 7) is -0.660. The van der Waals surface area contributed by atoms with E-state index in [0.29, 0.717) is 21.4 Å². The zero-order valence-electron chi connectivity index (χ0n) is 25.0. The molecule has 0 spiro atoms. The van der Waals surface area contributed by atoms with Crippen molar-refractivity contribution in [3.8, 4) is 11.5 Å². The van der Waals surface area contributed by atoms with E-state index in [1.54, 1.807) is 30.3 Å². The zero-order valence-corrected chi connectivity index (χ0v) is 27.3. The van der Waals surface area contributed by atoms with E-state index in [2.05, 4.69) is 5.32 Å². The number of rotatable bonds is 13. The second-order valence-electron chi connectivity index (χ2n) is 10.8. The molecule has 236 valence electrons. The van der Waals surface area contributed by atoms with Crippen molar-refractivity contribution in [2.45, 2.75) is 50.7 Å². The number of hydrogen-bond donors (Lipinski definition) is 1. The fraction of sp³-hybridized carbons (Fsp3) is 0.375. The average Bonchev–Trinajstić information content (AvgIpc) is 3.51. The normalized spacial score (nSPS) is 14.1. The van der Waals surface area contributed by atoms with Gasteiger partial charge in [-0.3, -0.25) is 13.9 Å². The summed E-state index contributed by atoms with van der Waals surface area (Å²) < 4.78 is 38.1. The van der Waals surface area contributed by atoms with Crippen LogP contribution in [0.15, 0.2) is 66.7 Å². The van der Waals surface area contributed by atoms with Gasteiger partial charge in [-0.15, -0.1) is 0 Å². The van der Waals surface area contributed by atoms with Gasteiger partial charge in [-0.1, -0.05) is 72.4 Å². The summed E-state index contributed by atoms with van der Waals surface area (Å²) in [6, 6.07) is 18.0. The maximum absolute atomic E-state index is 14.4. The van der Waals surface area contributed by atoms with Crippen LogP contribution >= 0.6 is 23.2 Å². The minimum Gasteiger partial charge on any atom is -0.497 e. The number of sulfonamides is 1. The highest BCUT2D eigenvalue weighted by Crippen LogP contribution is 2.34. The summed E-state index contributed by atoms with van der Waals surface area (Å²) in [5.41, 5.74) is 1.52. The Kier molecular flexibility index (Phi) is 11.4. The number of anilines is 1. The number of carbonyl (C=O) groups excluding carboxylic acids is 2. The van der Waals surface area contributed by atoms with Gasteiger partial charge in [0.05, 0.1) is 26.2 Å². The minimum absolute atomic E-state index is 0.00501. The Hall–Kier alpha value is -3.47. The molecule has 1 aliphatic rings. The number of nitrogens with zero attached hydrogens (tertiary/aromatic N) is 2. The van der Waals surface area contributed by atoms with Gasteiger partial charge in [0.1, 0.15) is 24.1 Å². The fourth-order valence-electron chi connectivity index (χ4n) is 5.34. The molecule has 3 aromatic rings. The molecule has 2 amide bonds. The molecule has 0 heterocycles. The molecule has 1 saturated carbocycles. The highest BCUT2D eigenvalue weighted by atomic mass is 35.5. The number of hydrogen-bond acceptors (Lipinski definition) is 6. The minimum atomic E-state index is -4.01. The number of methoxy groups -OCH3 is 2. The number of halogens is 2. The van der Waals surface area contributed by atoms with Gasteiger partial charge >= 0.3 is 0 Å². The molecular formula is C32H37Cl2N3O6S. The van der Waals surface area contributed by atoms with Crippen molar-refractivity contribution in [3.05, 3.63) is 87.9 Å². The van der Waals surface area contributed by atoms with Gasteiger partial charge in [0.2, 0.25) is 21.8 Å². The second kappa shape index (κ2) is 15.0. The summed E-state index contributed by atoms with van der Waals surface area (Å²) in [5, 5.41) is 3.88. The number of benzene rings is 3. The number of carbonyl (C=O) groups is 2. The SMILES string of the molecule is COc1ccc(OC)c(N(CC(=O)N(Cc2ccc(Cl)cc2Cl)C(Cc2ccccc2)C(=O)NC2CCCC2)S(C)(=O)=O)c1. The number of amides is 2. The summed E-state index contributed by atoms with van der Waals surface area (Å²) in [6.07, 6.45) is 4.97. The third-order valence-corrected chi connectivity index (χ3v) is 9.38. The van der Waals surface area contributed by atoms with E-state index in [-0.39, 0.29) is 36.4 Å². The molecule has 3 aromatic carbocycles. The van der Waals surface area contributed by atoms with Crippen molar-refractivity contribution in [3.63, 3.8) is 0 Å². The van der Waals surface area contributed by atoms with Crippen LogP contribution < -0.4 is 19.1 Å². The van der Waals surface area contributed by atoms with Crippen LogP contribution in [0.4, 0.5) is 5.69 Å². The van der Waals surface area contributed by atoms with E-state index >= 15 is 0 Å². The van der Waals surface area contributed by atoms with Crippen LogP contribution in [0.25, 0.3) is 0 Å². The van der Waals surface area contributed by atoms with E-state index in [9.17, 15) is 18.0 Å². The van der Waals surface area contributed by atoms with Gasteiger partial charge in [-0.25, -0.2) is 8.42 Å². The lowest BCUT2D eigenvalue weighted by Crippen LogP contribution is -2.54. The molecule has 0 radical (unpaired) electrons. The van der Waals surface area contributed by atoms with Crippen molar-refractivity contribution in [2.75, 3.05) is 31.3 Å². The molecule has 1 unspecified atom stereocenters.